The van der Waals surface area contributed by atoms with Crippen molar-refractivity contribution in [1.82, 2.24) is 0 Å². The predicted octanol–water partition coefficient (Wildman–Crippen LogP) is 4.36. The zero-order valence-corrected chi connectivity index (χ0v) is 10.5. The topological polar surface area (TPSA) is 9.23 Å². The number of hydrogen-bond acceptors (Lipinski definition) is 1. The van der Waals surface area contributed by atoms with Crippen LogP contribution in [0.5, 0.6) is 0 Å². The molecular weight excluding hydrogens is 252 g/mol. The summed E-state index contributed by atoms with van der Waals surface area (Å²) in [4.78, 5) is 0. The van der Waals surface area contributed by atoms with E-state index in [4.69, 9.17) is 4.74 Å². The highest BCUT2D eigenvalue weighted by molar-refractivity contribution is 9.11. The Bertz CT molecular complexity index is 341. The fraction of sp³-hybridized carbons (Fsp3) is 0.231. The highest BCUT2D eigenvalue weighted by Crippen LogP contribution is 2.26. The van der Waals surface area contributed by atoms with E-state index in [-0.39, 0.29) is 0 Å². The quantitative estimate of drug-likeness (QED) is 0.568. The first kappa shape index (κ1) is 12.1. The molecule has 0 atom stereocenters. The maximum atomic E-state index is 5.46. The molecule has 0 fully saturated rings. The van der Waals surface area contributed by atoms with Crippen molar-refractivity contribution < 1.29 is 4.74 Å². The highest BCUT2D eigenvalue weighted by atomic mass is 79.9. The van der Waals surface area contributed by atoms with E-state index in [1.807, 2.05) is 31.2 Å². The molecule has 0 saturated carbocycles. The number of benzene rings is 1. The van der Waals surface area contributed by atoms with Crippen LogP contribution in [0.1, 0.15) is 18.9 Å². The third-order valence-electron chi connectivity index (χ3n) is 1.98. The Labute approximate surface area is 99.6 Å². The maximum absolute atomic E-state index is 5.46. The van der Waals surface area contributed by atoms with E-state index in [2.05, 4.69) is 34.6 Å². The standard InChI is InChI=1S/C13H15BrO/c1-3-8-12(13(14)15-4-2)11-9-6-5-7-10-11/h3,5-7,9-10H,1,4,8H2,2H3/b13-12-. The molecule has 0 aliphatic carbocycles. The van der Waals surface area contributed by atoms with Gasteiger partial charge in [-0.25, -0.2) is 0 Å². The van der Waals surface area contributed by atoms with Crippen LogP contribution in [0.15, 0.2) is 47.7 Å². The molecule has 1 rings (SSSR count). The molecule has 0 bridgehead atoms. The summed E-state index contributed by atoms with van der Waals surface area (Å²) < 4.78 is 6.26. The summed E-state index contributed by atoms with van der Waals surface area (Å²) >= 11 is 3.45. The van der Waals surface area contributed by atoms with Gasteiger partial charge in [-0.3, -0.25) is 0 Å². The molecule has 0 heterocycles. The van der Waals surface area contributed by atoms with Gasteiger partial charge in [-0.2, -0.15) is 0 Å². The molecule has 1 nitrogen and oxygen atoms in total. The molecule has 1 aromatic rings. The van der Waals surface area contributed by atoms with E-state index >= 15 is 0 Å². The fourth-order valence-corrected chi connectivity index (χ4v) is 1.93. The second-order valence-electron chi connectivity index (χ2n) is 3.04. The summed E-state index contributed by atoms with van der Waals surface area (Å²) in [6.45, 7) is 6.39. The Kier molecular flexibility index (Phi) is 5.19. The zero-order valence-electron chi connectivity index (χ0n) is 8.87. The van der Waals surface area contributed by atoms with Crippen molar-refractivity contribution in [2.75, 3.05) is 6.61 Å². The van der Waals surface area contributed by atoms with Gasteiger partial charge in [0.2, 0.25) is 0 Å². The molecule has 0 aliphatic heterocycles. The van der Waals surface area contributed by atoms with Crippen molar-refractivity contribution in [2.24, 2.45) is 0 Å². The Balaban J connectivity index is 3.02. The largest absolute Gasteiger partial charge is 0.487 e. The number of allylic oxidation sites excluding steroid dienone is 2. The minimum absolute atomic E-state index is 0.661. The second kappa shape index (κ2) is 6.46. The summed E-state index contributed by atoms with van der Waals surface area (Å²) in [6, 6.07) is 10.2. The average molecular weight is 267 g/mol. The van der Waals surface area contributed by atoms with Crippen LogP contribution in [0, 0.1) is 0 Å². The Hall–Kier alpha value is -1.02. The first-order chi connectivity index (χ1) is 7.29. The molecule has 2 heteroatoms. The zero-order chi connectivity index (χ0) is 11.1. The van der Waals surface area contributed by atoms with Crippen molar-refractivity contribution in [3.05, 3.63) is 53.2 Å². The van der Waals surface area contributed by atoms with E-state index in [9.17, 15) is 0 Å². The van der Waals surface area contributed by atoms with Gasteiger partial charge in [-0.1, -0.05) is 36.4 Å². The van der Waals surface area contributed by atoms with Gasteiger partial charge < -0.3 is 4.74 Å². The van der Waals surface area contributed by atoms with Gasteiger partial charge in [0.15, 0.2) is 4.67 Å². The first-order valence-corrected chi connectivity index (χ1v) is 5.76. The van der Waals surface area contributed by atoms with Gasteiger partial charge in [0, 0.05) is 5.57 Å². The summed E-state index contributed by atoms with van der Waals surface area (Å²) in [5, 5.41) is 0. The van der Waals surface area contributed by atoms with Gasteiger partial charge in [0.05, 0.1) is 6.61 Å². The molecule has 0 N–H and O–H groups in total. The summed E-state index contributed by atoms with van der Waals surface area (Å²) in [5.41, 5.74) is 2.30. The van der Waals surface area contributed by atoms with E-state index in [1.165, 1.54) is 0 Å². The smallest absolute Gasteiger partial charge is 0.166 e. The fourth-order valence-electron chi connectivity index (χ4n) is 1.31. The lowest BCUT2D eigenvalue weighted by Crippen LogP contribution is -1.91. The molecule has 0 radical (unpaired) electrons. The predicted molar refractivity (Wildman–Crippen MR) is 68.7 cm³/mol. The van der Waals surface area contributed by atoms with Gasteiger partial charge in [-0.15, -0.1) is 6.58 Å². The SMILES string of the molecule is C=CC/C(=C(\Br)OCC)c1ccccc1. The number of rotatable bonds is 5. The molecule has 0 unspecified atom stereocenters. The molecule has 0 spiro atoms. The molecule has 0 aliphatic rings. The normalized spacial score (nSPS) is 11.9. The summed E-state index contributed by atoms with van der Waals surface area (Å²) in [5.74, 6) is 0. The van der Waals surface area contributed by atoms with Crippen LogP contribution >= 0.6 is 15.9 Å². The van der Waals surface area contributed by atoms with Crippen molar-refractivity contribution in [3.8, 4) is 0 Å². The van der Waals surface area contributed by atoms with Crippen molar-refractivity contribution in [3.63, 3.8) is 0 Å². The molecular formula is C13H15BrO. The van der Waals surface area contributed by atoms with E-state index in [0.29, 0.717) is 6.61 Å². The van der Waals surface area contributed by atoms with Gasteiger partial charge in [0.25, 0.3) is 0 Å². The third kappa shape index (κ3) is 3.56. The lowest BCUT2D eigenvalue weighted by atomic mass is 10.0. The van der Waals surface area contributed by atoms with E-state index < -0.39 is 0 Å². The molecule has 80 valence electrons. The van der Waals surface area contributed by atoms with Crippen LogP contribution in [0.25, 0.3) is 5.57 Å². The highest BCUT2D eigenvalue weighted by Gasteiger charge is 2.05. The van der Waals surface area contributed by atoms with Crippen molar-refractivity contribution in [2.45, 2.75) is 13.3 Å². The van der Waals surface area contributed by atoms with Crippen LogP contribution in [-0.2, 0) is 4.74 Å². The Morgan fingerprint density at radius 3 is 2.60 bits per heavy atom. The Morgan fingerprint density at radius 1 is 1.40 bits per heavy atom. The molecule has 1 aromatic carbocycles. The van der Waals surface area contributed by atoms with Gasteiger partial charge in [-0.05, 0) is 34.8 Å². The lowest BCUT2D eigenvalue weighted by molar-refractivity contribution is 0.261. The van der Waals surface area contributed by atoms with Crippen molar-refractivity contribution >= 4 is 21.5 Å². The van der Waals surface area contributed by atoms with Crippen LogP contribution in [0.2, 0.25) is 0 Å². The third-order valence-corrected chi connectivity index (χ3v) is 2.69. The van der Waals surface area contributed by atoms with Crippen LogP contribution in [0.3, 0.4) is 0 Å². The van der Waals surface area contributed by atoms with Crippen LogP contribution in [0.4, 0.5) is 0 Å². The van der Waals surface area contributed by atoms with E-state index in [1.54, 1.807) is 0 Å². The summed E-state index contributed by atoms with van der Waals surface area (Å²) in [7, 11) is 0. The average Bonchev–Trinajstić information content (AvgIpc) is 2.27. The number of halogens is 1. The minimum atomic E-state index is 0.661. The van der Waals surface area contributed by atoms with E-state index in [0.717, 1.165) is 22.2 Å². The second-order valence-corrected chi connectivity index (χ2v) is 3.76. The van der Waals surface area contributed by atoms with Crippen LogP contribution < -0.4 is 0 Å². The minimum Gasteiger partial charge on any atom is -0.487 e. The number of hydrogen-bond donors (Lipinski definition) is 0. The molecule has 15 heavy (non-hydrogen) atoms. The number of ether oxygens (including phenoxy) is 1. The lowest BCUT2D eigenvalue weighted by Gasteiger charge is -2.09. The first-order valence-electron chi connectivity index (χ1n) is 4.97. The van der Waals surface area contributed by atoms with Gasteiger partial charge >= 0.3 is 0 Å². The van der Waals surface area contributed by atoms with Crippen LogP contribution in [-0.4, -0.2) is 6.61 Å². The molecule has 0 amide bonds. The summed E-state index contributed by atoms with van der Waals surface area (Å²) in [6.07, 6.45) is 2.67. The van der Waals surface area contributed by atoms with Crippen molar-refractivity contribution in [1.29, 1.82) is 0 Å². The van der Waals surface area contributed by atoms with Gasteiger partial charge in [0.1, 0.15) is 0 Å². The molecule has 0 saturated heterocycles. The maximum Gasteiger partial charge on any atom is 0.166 e. The Morgan fingerprint density at radius 2 is 2.07 bits per heavy atom. The molecule has 0 aromatic heterocycles. The monoisotopic (exact) mass is 266 g/mol.